The Morgan fingerprint density at radius 2 is 2.06 bits per heavy atom. The third kappa shape index (κ3) is 2.59. The Kier molecular flexibility index (Phi) is 4.11. The number of hydrogen-bond donors (Lipinski definition) is 0. The lowest BCUT2D eigenvalue weighted by molar-refractivity contribution is 0.715. The van der Waals surface area contributed by atoms with Crippen LogP contribution in [0.1, 0.15) is 31.2 Å². The third-order valence-electron chi connectivity index (χ3n) is 2.71. The van der Waals surface area contributed by atoms with Gasteiger partial charge in [-0.3, -0.25) is 0 Å². The van der Waals surface area contributed by atoms with Gasteiger partial charge in [-0.25, -0.2) is 4.68 Å². The standard InChI is InChI=1S/C13H13BrN4/c1-2-3-4-13-12(9-15)16-17-18(13)11-7-5-10(14)6-8-11/h5-8H,2-4H2,1H3. The molecule has 0 atom stereocenters. The van der Waals surface area contributed by atoms with Crippen molar-refractivity contribution >= 4 is 15.9 Å². The highest BCUT2D eigenvalue weighted by Crippen LogP contribution is 2.17. The number of nitrogens with zero attached hydrogens (tertiary/aromatic N) is 4. The minimum Gasteiger partial charge on any atom is -0.216 e. The van der Waals surface area contributed by atoms with Crippen molar-refractivity contribution in [1.82, 2.24) is 15.0 Å². The molecule has 4 nitrogen and oxygen atoms in total. The first-order valence-corrected chi connectivity index (χ1v) is 6.66. The predicted octanol–water partition coefficient (Wildman–Crippen LogP) is 3.24. The number of nitriles is 1. The quantitative estimate of drug-likeness (QED) is 0.871. The van der Waals surface area contributed by atoms with Crippen LogP contribution in [-0.2, 0) is 6.42 Å². The Morgan fingerprint density at radius 1 is 1.33 bits per heavy atom. The van der Waals surface area contributed by atoms with Gasteiger partial charge in [0.1, 0.15) is 6.07 Å². The number of aromatic nitrogens is 3. The number of rotatable bonds is 4. The number of hydrogen-bond acceptors (Lipinski definition) is 3. The van der Waals surface area contributed by atoms with E-state index in [9.17, 15) is 0 Å². The summed E-state index contributed by atoms with van der Waals surface area (Å²) in [6.07, 6.45) is 2.93. The highest BCUT2D eigenvalue weighted by molar-refractivity contribution is 9.10. The largest absolute Gasteiger partial charge is 0.216 e. The van der Waals surface area contributed by atoms with Gasteiger partial charge in [0.2, 0.25) is 0 Å². The van der Waals surface area contributed by atoms with Crippen molar-refractivity contribution in [2.24, 2.45) is 0 Å². The van der Waals surface area contributed by atoms with Crippen molar-refractivity contribution in [2.75, 3.05) is 0 Å². The zero-order chi connectivity index (χ0) is 13.0. The molecule has 1 aromatic heterocycles. The van der Waals surface area contributed by atoms with Gasteiger partial charge in [-0.2, -0.15) is 5.26 Å². The van der Waals surface area contributed by atoms with Gasteiger partial charge in [-0.15, -0.1) is 5.10 Å². The van der Waals surface area contributed by atoms with Crippen LogP contribution in [0.25, 0.3) is 5.69 Å². The summed E-state index contributed by atoms with van der Waals surface area (Å²) in [5.41, 5.74) is 2.24. The molecule has 0 amide bonds. The van der Waals surface area contributed by atoms with Gasteiger partial charge in [0, 0.05) is 4.47 Å². The third-order valence-corrected chi connectivity index (χ3v) is 3.24. The van der Waals surface area contributed by atoms with E-state index in [0.29, 0.717) is 5.69 Å². The van der Waals surface area contributed by atoms with Crippen LogP contribution in [-0.4, -0.2) is 15.0 Å². The van der Waals surface area contributed by atoms with E-state index < -0.39 is 0 Å². The maximum Gasteiger partial charge on any atom is 0.186 e. The second-order valence-electron chi connectivity index (χ2n) is 3.99. The molecule has 0 spiro atoms. The van der Waals surface area contributed by atoms with Gasteiger partial charge >= 0.3 is 0 Å². The van der Waals surface area contributed by atoms with Crippen LogP contribution in [0, 0.1) is 11.3 Å². The van der Waals surface area contributed by atoms with Crippen molar-refractivity contribution in [3.05, 3.63) is 40.1 Å². The first-order chi connectivity index (χ1) is 8.76. The lowest BCUT2D eigenvalue weighted by Gasteiger charge is -2.05. The zero-order valence-electron chi connectivity index (χ0n) is 10.1. The maximum absolute atomic E-state index is 9.05. The van der Waals surface area contributed by atoms with E-state index in [2.05, 4.69) is 39.2 Å². The number of unbranched alkanes of at least 4 members (excludes halogenated alkanes) is 1. The lowest BCUT2D eigenvalue weighted by atomic mass is 10.1. The topological polar surface area (TPSA) is 54.5 Å². The van der Waals surface area contributed by atoms with E-state index in [1.165, 1.54) is 0 Å². The Hall–Kier alpha value is -1.67. The van der Waals surface area contributed by atoms with Crippen LogP contribution in [0.3, 0.4) is 0 Å². The highest BCUT2D eigenvalue weighted by atomic mass is 79.9. The molecule has 0 unspecified atom stereocenters. The molecule has 0 bridgehead atoms. The fraction of sp³-hybridized carbons (Fsp3) is 0.308. The maximum atomic E-state index is 9.05. The summed E-state index contributed by atoms with van der Waals surface area (Å²) in [4.78, 5) is 0. The van der Waals surface area contributed by atoms with E-state index in [4.69, 9.17) is 5.26 Å². The van der Waals surface area contributed by atoms with Crippen molar-refractivity contribution in [1.29, 1.82) is 5.26 Å². The molecule has 18 heavy (non-hydrogen) atoms. The molecule has 0 radical (unpaired) electrons. The SMILES string of the molecule is CCCCc1c(C#N)nnn1-c1ccc(Br)cc1. The van der Waals surface area contributed by atoms with Crippen LogP contribution in [0.15, 0.2) is 28.7 Å². The Labute approximate surface area is 114 Å². The van der Waals surface area contributed by atoms with E-state index in [1.807, 2.05) is 24.3 Å². The monoisotopic (exact) mass is 304 g/mol. The molecule has 0 saturated carbocycles. The van der Waals surface area contributed by atoms with Gasteiger partial charge in [-0.1, -0.05) is 34.5 Å². The summed E-state index contributed by atoms with van der Waals surface area (Å²) >= 11 is 3.40. The van der Waals surface area contributed by atoms with E-state index in [0.717, 1.165) is 35.1 Å². The summed E-state index contributed by atoms with van der Waals surface area (Å²) in [6, 6.07) is 9.91. The zero-order valence-corrected chi connectivity index (χ0v) is 11.7. The van der Waals surface area contributed by atoms with Gasteiger partial charge in [0.25, 0.3) is 0 Å². The van der Waals surface area contributed by atoms with Crippen LogP contribution < -0.4 is 0 Å². The van der Waals surface area contributed by atoms with Gasteiger partial charge < -0.3 is 0 Å². The molecule has 0 N–H and O–H groups in total. The molecule has 1 heterocycles. The normalized spacial score (nSPS) is 10.3. The average Bonchev–Trinajstić information content (AvgIpc) is 2.80. The van der Waals surface area contributed by atoms with Crippen LogP contribution in [0.2, 0.25) is 0 Å². The Morgan fingerprint density at radius 3 is 2.67 bits per heavy atom. The molecule has 0 aliphatic carbocycles. The van der Waals surface area contributed by atoms with Gasteiger partial charge in [0.05, 0.1) is 11.4 Å². The molecule has 0 aliphatic heterocycles. The van der Waals surface area contributed by atoms with E-state index in [1.54, 1.807) is 4.68 Å². The van der Waals surface area contributed by atoms with Crippen molar-refractivity contribution in [3.8, 4) is 11.8 Å². The summed E-state index contributed by atoms with van der Waals surface area (Å²) in [6.45, 7) is 2.12. The first-order valence-electron chi connectivity index (χ1n) is 5.87. The summed E-state index contributed by atoms with van der Waals surface area (Å²) < 4.78 is 2.77. The molecule has 2 aromatic rings. The van der Waals surface area contributed by atoms with Crippen molar-refractivity contribution in [2.45, 2.75) is 26.2 Å². The molecule has 1 aromatic carbocycles. The molecular formula is C13H13BrN4. The number of benzene rings is 1. The average molecular weight is 305 g/mol. The van der Waals surface area contributed by atoms with E-state index in [-0.39, 0.29) is 0 Å². The smallest absolute Gasteiger partial charge is 0.186 e. The molecule has 2 rings (SSSR count). The molecule has 0 saturated heterocycles. The van der Waals surface area contributed by atoms with Gasteiger partial charge in [-0.05, 0) is 37.1 Å². The molecule has 5 heteroatoms. The van der Waals surface area contributed by atoms with E-state index >= 15 is 0 Å². The van der Waals surface area contributed by atoms with Gasteiger partial charge in [0.15, 0.2) is 5.69 Å². The highest BCUT2D eigenvalue weighted by Gasteiger charge is 2.13. The molecule has 0 aliphatic rings. The Balaban J connectivity index is 2.41. The fourth-order valence-corrected chi connectivity index (χ4v) is 2.01. The predicted molar refractivity (Wildman–Crippen MR) is 72.4 cm³/mol. The summed E-state index contributed by atoms with van der Waals surface area (Å²) in [7, 11) is 0. The van der Waals surface area contributed by atoms with Crippen molar-refractivity contribution < 1.29 is 0 Å². The lowest BCUT2D eigenvalue weighted by Crippen LogP contribution is -2.03. The van der Waals surface area contributed by atoms with Crippen LogP contribution >= 0.6 is 15.9 Å². The van der Waals surface area contributed by atoms with Crippen LogP contribution in [0.5, 0.6) is 0 Å². The van der Waals surface area contributed by atoms with Crippen LogP contribution in [0.4, 0.5) is 0 Å². The minimum atomic E-state index is 0.423. The summed E-state index contributed by atoms with van der Waals surface area (Å²) in [5, 5.41) is 17.0. The molecular weight excluding hydrogens is 292 g/mol. The second kappa shape index (κ2) is 5.78. The second-order valence-corrected chi connectivity index (χ2v) is 4.90. The van der Waals surface area contributed by atoms with Crippen molar-refractivity contribution in [3.63, 3.8) is 0 Å². The molecule has 92 valence electrons. The minimum absolute atomic E-state index is 0.423. The first kappa shape index (κ1) is 12.8. The summed E-state index contributed by atoms with van der Waals surface area (Å²) in [5.74, 6) is 0. The number of halogens is 1. The fourth-order valence-electron chi connectivity index (χ4n) is 1.75. The Bertz CT molecular complexity index is 566. The molecule has 0 fully saturated rings.